The van der Waals surface area contributed by atoms with Crippen LogP contribution in [0.5, 0.6) is 51.7 Å². The van der Waals surface area contributed by atoms with Gasteiger partial charge in [0.25, 0.3) is 20.0 Å². The molecule has 10 rings (SSSR count). The number of halogens is 2. The molecule has 21 nitrogen and oxygen atoms in total. The minimum atomic E-state index is -4.16. The Labute approximate surface area is 537 Å². The molecule has 3 heterocycles. The van der Waals surface area contributed by atoms with Crippen LogP contribution >= 0.6 is 31.9 Å². The molecule has 0 bridgehead atoms. The maximum absolute atomic E-state index is 13.3. The zero-order chi connectivity index (χ0) is 64.5. The third-order valence-electron chi connectivity index (χ3n) is 14.0. The maximum atomic E-state index is 13.3. The molecule has 0 unspecified atom stereocenters. The van der Waals surface area contributed by atoms with Gasteiger partial charge < -0.3 is 61.0 Å². The minimum absolute atomic E-state index is 0. The molecule has 0 spiro atoms. The SMILES string of the molecule is C.COc1cc(C)cc(-c2cc(OC)c3c(NS(=O)(=O)c4c(OC)cccc4OC)noc3c2)c1.COc1cc(C)cc(B2OC(C)(C)C(C)(C)O2)c1.COc1cc(C)cc(Br)c1.COc1cccc(OC)c1S(=O)(=O)Nc1noc2cc(Br)cc(OC)c12. The third-order valence-corrected chi connectivity index (χ3v) is 17.7. The Kier molecular flexibility index (Phi) is 23.4. The van der Waals surface area contributed by atoms with Crippen molar-refractivity contribution < 1.29 is 77.8 Å². The van der Waals surface area contributed by atoms with Gasteiger partial charge in [-0.05, 0) is 173 Å². The molecule has 2 N–H and O–H groups in total. The van der Waals surface area contributed by atoms with E-state index >= 15 is 0 Å². The molecule has 7 aromatic carbocycles. The Morgan fingerprint density at radius 3 is 1.24 bits per heavy atom. The summed E-state index contributed by atoms with van der Waals surface area (Å²) in [7, 11) is 4.84. The van der Waals surface area contributed by atoms with Crippen LogP contribution in [0.25, 0.3) is 33.1 Å². The average Bonchev–Trinajstić information content (AvgIpc) is 4.17. The summed E-state index contributed by atoms with van der Waals surface area (Å²) in [6.07, 6.45) is 0. The summed E-state index contributed by atoms with van der Waals surface area (Å²) < 4.78 is 129. The lowest BCUT2D eigenvalue weighted by Crippen LogP contribution is -2.41. The van der Waals surface area contributed by atoms with Crippen molar-refractivity contribution >= 4 is 98.1 Å². The highest BCUT2D eigenvalue weighted by atomic mass is 79.9. The number of anilines is 2. The van der Waals surface area contributed by atoms with E-state index in [1.807, 2.05) is 69.3 Å². The van der Waals surface area contributed by atoms with Gasteiger partial charge in [0.15, 0.2) is 32.6 Å². The van der Waals surface area contributed by atoms with Crippen LogP contribution < -0.4 is 57.5 Å². The van der Waals surface area contributed by atoms with E-state index in [1.54, 1.807) is 57.7 Å². The van der Waals surface area contributed by atoms with Crippen LogP contribution in [0.4, 0.5) is 11.6 Å². The molecule has 2 aromatic heterocycles. The Hall–Kier alpha value is -7.88. The summed E-state index contributed by atoms with van der Waals surface area (Å²) in [6.45, 7) is 14.3. The van der Waals surface area contributed by atoms with Gasteiger partial charge in [-0.1, -0.05) is 73.9 Å². The first kappa shape index (κ1) is 70.2. The van der Waals surface area contributed by atoms with Gasteiger partial charge in [-0.2, -0.15) is 0 Å². The van der Waals surface area contributed by atoms with Gasteiger partial charge in [0.1, 0.15) is 62.5 Å². The molecule has 476 valence electrons. The van der Waals surface area contributed by atoms with E-state index in [9.17, 15) is 16.8 Å². The summed E-state index contributed by atoms with van der Waals surface area (Å²) in [6, 6.07) is 34.1. The Morgan fingerprint density at radius 2 is 0.809 bits per heavy atom. The number of ether oxygens (including phenoxy) is 9. The minimum Gasteiger partial charge on any atom is -0.497 e. The van der Waals surface area contributed by atoms with E-state index in [0.29, 0.717) is 43.7 Å². The van der Waals surface area contributed by atoms with Crippen LogP contribution in [-0.2, 0) is 29.4 Å². The van der Waals surface area contributed by atoms with E-state index in [1.165, 1.54) is 72.5 Å². The van der Waals surface area contributed by atoms with Crippen molar-refractivity contribution in [1.82, 2.24) is 10.3 Å². The number of benzene rings is 7. The first-order valence-corrected chi connectivity index (χ1v) is 31.3. The second-order valence-corrected chi connectivity index (χ2v) is 25.6. The zero-order valence-corrected chi connectivity index (χ0v) is 56.3. The van der Waals surface area contributed by atoms with Gasteiger partial charge in [-0.15, -0.1) is 0 Å². The quantitative estimate of drug-likeness (QED) is 0.0804. The van der Waals surface area contributed by atoms with Gasteiger partial charge in [0.05, 0.1) is 75.2 Å². The Morgan fingerprint density at radius 1 is 0.438 bits per heavy atom. The first-order chi connectivity index (χ1) is 41.7. The molecule has 0 saturated carbocycles. The number of hydrogen-bond acceptors (Lipinski definition) is 19. The van der Waals surface area contributed by atoms with Crippen molar-refractivity contribution in [3.8, 4) is 62.9 Å². The second-order valence-electron chi connectivity index (χ2n) is 20.6. The van der Waals surface area contributed by atoms with Crippen LogP contribution in [0.1, 0.15) is 51.8 Å². The second kappa shape index (κ2) is 29.6. The van der Waals surface area contributed by atoms with Gasteiger partial charge in [-0.25, -0.2) is 16.8 Å². The fourth-order valence-electron chi connectivity index (χ4n) is 9.05. The van der Waals surface area contributed by atoms with Crippen LogP contribution in [0, 0.1) is 20.8 Å². The molecule has 0 amide bonds. The highest BCUT2D eigenvalue weighted by molar-refractivity contribution is 9.10. The predicted molar refractivity (Wildman–Crippen MR) is 352 cm³/mol. The molecule has 0 atom stereocenters. The smallest absolute Gasteiger partial charge is 0.494 e. The van der Waals surface area contributed by atoms with Crippen LogP contribution in [0.3, 0.4) is 0 Å². The lowest BCUT2D eigenvalue weighted by molar-refractivity contribution is 0.00578. The number of nitrogens with one attached hydrogen (secondary N) is 2. The van der Waals surface area contributed by atoms with E-state index in [-0.39, 0.29) is 70.2 Å². The van der Waals surface area contributed by atoms with Gasteiger partial charge in [0, 0.05) is 8.95 Å². The zero-order valence-electron chi connectivity index (χ0n) is 51.5. The first-order valence-electron chi connectivity index (χ1n) is 26.8. The fraction of sp³-hybridized carbons (Fsp3) is 0.302. The highest BCUT2D eigenvalue weighted by Gasteiger charge is 2.52. The molecular weight excluding hydrogens is 1320 g/mol. The lowest BCUT2D eigenvalue weighted by atomic mass is 9.78. The van der Waals surface area contributed by atoms with Gasteiger partial charge >= 0.3 is 7.12 Å². The van der Waals surface area contributed by atoms with Crippen molar-refractivity contribution in [3.05, 3.63) is 141 Å². The molecular formula is C63H73BBr2N4O17S2. The summed E-state index contributed by atoms with van der Waals surface area (Å²) in [5.74, 6) is 3.74. The maximum Gasteiger partial charge on any atom is 0.494 e. The van der Waals surface area contributed by atoms with Crippen LogP contribution in [0.15, 0.2) is 143 Å². The van der Waals surface area contributed by atoms with Crippen LogP contribution in [0.2, 0.25) is 0 Å². The predicted octanol–water partition coefficient (Wildman–Crippen LogP) is 13.8. The molecule has 9 aromatic rings. The van der Waals surface area contributed by atoms with Crippen molar-refractivity contribution in [1.29, 1.82) is 0 Å². The molecule has 0 aliphatic carbocycles. The number of methoxy groups -OCH3 is 9. The van der Waals surface area contributed by atoms with Crippen LogP contribution in [-0.4, -0.2) is 109 Å². The Balaban J connectivity index is 0.000000203. The van der Waals surface area contributed by atoms with Crippen molar-refractivity contribution in [3.63, 3.8) is 0 Å². The number of aryl methyl sites for hydroxylation is 3. The van der Waals surface area contributed by atoms with E-state index < -0.39 is 20.0 Å². The molecule has 1 fully saturated rings. The van der Waals surface area contributed by atoms with Gasteiger partial charge in [0.2, 0.25) is 0 Å². The average molecular weight is 1390 g/mol. The number of rotatable bonds is 17. The molecule has 1 aliphatic heterocycles. The standard InChI is InChI=1S/C24H24N2O7S.C16H15BrN2O6S.C14H21BO3.C8H9BrO.CH4/c1-14-9-15(11-17(10-14)29-2)16-12-20(32-5)22-21(13-16)33-25-24(22)26-34(27,28)23-18(30-3)7-6-8-19(23)31-4;1-22-10-5-4-6-11(23-2)15(10)26(20,21)19-16-14-12(24-3)7-9(17)8-13(14)25-18-16;1-10-7-11(9-12(8-10)16-6)15-17-13(2,3)14(4,5)18-15;1-6-3-7(9)5-8(4-6)10-2;/h6-13H,1-5H3,(H,25,26);4-8H,1-3H3,(H,18,19);7-9H,1-6H3;3-5H,1-2H3;1H4. The fourth-order valence-corrected chi connectivity index (χ4v) is 12.7. The lowest BCUT2D eigenvalue weighted by Gasteiger charge is -2.32. The number of aromatic nitrogens is 2. The highest BCUT2D eigenvalue weighted by Crippen LogP contribution is 2.43. The normalized spacial score (nSPS) is 13.0. The van der Waals surface area contributed by atoms with E-state index in [2.05, 4.69) is 85.4 Å². The molecule has 26 heteroatoms. The monoisotopic (exact) mass is 1390 g/mol. The number of nitrogens with zero attached hydrogens (tertiary/aromatic N) is 2. The molecule has 0 radical (unpaired) electrons. The number of sulfonamides is 2. The van der Waals surface area contributed by atoms with E-state index in [0.717, 1.165) is 43.7 Å². The van der Waals surface area contributed by atoms with Gasteiger partial charge in [-0.3, -0.25) is 9.44 Å². The van der Waals surface area contributed by atoms with E-state index in [4.69, 9.17) is 61.0 Å². The molecule has 1 saturated heterocycles. The molecule has 1 aliphatic rings. The number of fused-ring (bicyclic) bond motifs is 2. The van der Waals surface area contributed by atoms with Crippen molar-refractivity contribution in [2.45, 2.75) is 76.9 Å². The summed E-state index contributed by atoms with van der Waals surface area (Å²) >= 11 is 6.70. The third kappa shape index (κ3) is 16.3. The Bertz CT molecular complexity index is 4100. The summed E-state index contributed by atoms with van der Waals surface area (Å²) in [5.41, 5.74) is 6.13. The summed E-state index contributed by atoms with van der Waals surface area (Å²) in [4.78, 5) is -0.296. The van der Waals surface area contributed by atoms with Crippen molar-refractivity contribution in [2.24, 2.45) is 0 Å². The topological polar surface area (TPSA) is 246 Å². The summed E-state index contributed by atoms with van der Waals surface area (Å²) in [5, 5.41) is 8.55. The molecule has 89 heavy (non-hydrogen) atoms. The largest absolute Gasteiger partial charge is 0.497 e. The van der Waals surface area contributed by atoms with Crippen molar-refractivity contribution in [2.75, 3.05) is 73.4 Å². The number of hydrogen-bond donors (Lipinski definition) is 2.